The second-order valence-electron chi connectivity index (χ2n) is 8.16. The van der Waals surface area contributed by atoms with Crippen LogP contribution >= 0.6 is 0 Å². The number of likely N-dealkylation sites (tertiary alicyclic amines) is 1. The predicted octanol–water partition coefficient (Wildman–Crippen LogP) is 2.22. The maximum atomic E-state index is 10.8. The number of fused-ring (bicyclic) bond motifs is 3. The minimum Gasteiger partial charge on any atom is -0.465 e. The van der Waals surface area contributed by atoms with Crippen molar-refractivity contribution in [3.8, 4) is 0 Å². The van der Waals surface area contributed by atoms with E-state index < -0.39 is 6.09 Å². The Labute approximate surface area is 162 Å². The van der Waals surface area contributed by atoms with Crippen LogP contribution in [0.5, 0.6) is 0 Å². The lowest BCUT2D eigenvalue weighted by Crippen LogP contribution is -2.37. The van der Waals surface area contributed by atoms with Gasteiger partial charge >= 0.3 is 6.09 Å². The molecule has 5 rings (SSSR count). The molecule has 0 bridgehead atoms. The number of hydrogen-bond donors (Lipinski definition) is 3. The van der Waals surface area contributed by atoms with Crippen LogP contribution in [0.4, 0.5) is 4.79 Å². The number of nitrogens with one attached hydrogen (secondary N) is 2. The number of hydrogen-bond acceptors (Lipinski definition) is 5. The lowest BCUT2D eigenvalue weighted by molar-refractivity contribution is 0.187. The summed E-state index contributed by atoms with van der Waals surface area (Å²) < 4.78 is 1.79. The molecule has 3 aromatic heterocycles. The molecule has 9 nitrogen and oxygen atoms in total. The average Bonchev–Trinajstić information content (AvgIpc) is 3.40. The third kappa shape index (κ3) is 3.19. The number of aromatic amines is 1. The summed E-state index contributed by atoms with van der Waals surface area (Å²) in [6, 6.07) is 2.12. The largest absolute Gasteiger partial charge is 0.465 e. The van der Waals surface area contributed by atoms with Crippen LogP contribution < -0.4 is 5.32 Å². The van der Waals surface area contributed by atoms with E-state index in [0.717, 1.165) is 61.1 Å². The molecule has 1 aliphatic carbocycles. The predicted molar refractivity (Wildman–Crippen MR) is 103 cm³/mol. The van der Waals surface area contributed by atoms with Crippen molar-refractivity contribution in [3.63, 3.8) is 0 Å². The van der Waals surface area contributed by atoms with Crippen molar-refractivity contribution in [3.05, 3.63) is 24.3 Å². The SMILES string of the molecule is O=C(O)N[C@H]1CCN(CC2CCC(c3nnn4cnc5[nH]ccc5c34)CC2)C1. The fourth-order valence-electron chi connectivity index (χ4n) is 4.97. The molecular weight excluding hydrogens is 358 g/mol. The molecule has 1 saturated heterocycles. The molecule has 3 aromatic rings. The number of carbonyl (C=O) groups is 1. The van der Waals surface area contributed by atoms with Crippen LogP contribution in [0.25, 0.3) is 16.6 Å². The lowest BCUT2D eigenvalue weighted by Gasteiger charge is -2.30. The Morgan fingerprint density at radius 1 is 1.29 bits per heavy atom. The van der Waals surface area contributed by atoms with Crippen LogP contribution in [0.3, 0.4) is 0 Å². The van der Waals surface area contributed by atoms with Gasteiger partial charge in [-0.05, 0) is 44.1 Å². The number of amides is 1. The minimum absolute atomic E-state index is 0.0780. The van der Waals surface area contributed by atoms with Gasteiger partial charge in [0.05, 0.1) is 5.69 Å². The van der Waals surface area contributed by atoms with Crippen LogP contribution in [-0.4, -0.2) is 66.6 Å². The van der Waals surface area contributed by atoms with Crippen LogP contribution in [-0.2, 0) is 0 Å². The Morgan fingerprint density at radius 3 is 2.96 bits per heavy atom. The number of aromatic nitrogens is 5. The number of rotatable bonds is 4. The Morgan fingerprint density at radius 2 is 2.14 bits per heavy atom. The summed E-state index contributed by atoms with van der Waals surface area (Å²) in [6.45, 7) is 2.89. The van der Waals surface area contributed by atoms with E-state index in [2.05, 4.69) is 30.5 Å². The van der Waals surface area contributed by atoms with Crippen molar-refractivity contribution < 1.29 is 9.90 Å². The number of H-pyrrole nitrogens is 1. The molecule has 0 aromatic carbocycles. The fraction of sp³-hybridized carbons (Fsp3) is 0.579. The molecule has 0 radical (unpaired) electrons. The highest BCUT2D eigenvalue weighted by atomic mass is 16.4. The summed E-state index contributed by atoms with van der Waals surface area (Å²) in [5.74, 6) is 1.12. The van der Waals surface area contributed by atoms with Crippen molar-refractivity contribution in [2.45, 2.75) is 44.1 Å². The molecule has 4 heterocycles. The van der Waals surface area contributed by atoms with Crippen molar-refractivity contribution in [1.82, 2.24) is 35.0 Å². The van der Waals surface area contributed by atoms with E-state index in [0.29, 0.717) is 11.8 Å². The van der Waals surface area contributed by atoms with E-state index in [1.165, 1.54) is 12.8 Å². The highest BCUT2D eigenvalue weighted by Crippen LogP contribution is 2.38. The van der Waals surface area contributed by atoms with Crippen molar-refractivity contribution in [1.29, 1.82) is 0 Å². The Bertz CT molecular complexity index is 989. The summed E-state index contributed by atoms with van der Waals surface area (Å²) in [7, 11) is 0. The Kier molecular flexibility index (Phi) is 4.38. The molecule has 1 amide bonds. The quantitative estimate of drug-likeness (QED) is 0.637. The Balaban J connectivity index is 1.23. The first-order valence-corrected chi connectivity index (χ1v) is 10.1. The fourth-order valence-corrected chi connectivity index (χ4v) is 4.97. The first-order valence-electron chi connectivity index (χ1n) is 10.1. The van der Waals surface area contributed by atoms with Crippen molar-refractivity contribution in [2.75, 3.05) is 19.6 Å². The van der Waals surface area contributed by atoms with Gasteiger partial charge in [-0.15, -0.1) is 5.10 Å². The van der Waals surface area contributed by atoms with Gasteiger partial charge in [0.15, 0.2) is 0 Å². The molecule has 1 aliphatic heterocycles. The molecule has 0 spiro atoms. The van der Waals surface area contributed by atoms with E-state index in [1.807, 2.05) is 12.3 Å². The van der Waals surface area contributed by atoms with Crippen molar-refractivity contribution >= 4 is 22.6 Å². The first-order chi connectivity index (χ1) is 13.7. The molecule has 1 atom stereocenters. The second kappa shape index (κ2) is 7.05. The lowest BCUT2D eigenvalue weighted by atomic mass is 9.80. The van der Waals surface area contributed by atoms with E-state index in [1.54, 1.807) is 10.8 Å². The average molecular weight is 383 g/mol. The highest BCUT2D eigenvalue weighted by molar-refractivity contribution is 5.92. The summed E-state index contributed by atoms with van der Waals surface area (Å²) >= 11 is 0. The molecule has 28 heavy (non-hydrogen) atoms. The van der Waals surface area contributed by atoms with Gasteiger partial charge < -0.3 is 20.3 Å². The van der Waals surface area contributed by atoms with Crippen LogP contribution in [0.1, 0.15) is 43.7 Å². The highest BCUT2D eigenvalue weighted by Gasteiger charge is 2.30. The number of carboxylic acid groups (broad SMARTS) is 1. The first kappa shape index (κ1) is 17.4. The maximum absolute atomic E-state index is 10.8. The smallest absolute Gasteiger partial charge is 0.404 e. The molecular formula is C19H25N7O2. The normalized spacial score (nSPS) is 26.2. The van der Waals surface area contributed by atoms with Crippen LogP contribution in [0.2, 0.25) is 0 Å². The van der Waals surface area contributed by atoms with Gasteiger partial charge in [-0.2, -0.15) is 0 Å². The van der Waals surface area contributed by atoms with Gasteiger partial charge in [0, 0.05) is 43.2 Å². The minimum atomic E-state index is -0.917. The monoisotopic (exact) mass is 383 g/mol. The second-order valence-corrected chi connectivity index (χ2v) is 8.16. The van der Waals surface area contributed by atoms with E-state index in [4.69, 9.17) is 5.11 Å². The standard InChI is InChI=1S/C19H25N7O2/c27-19(28)22-14-6-8-25(10-14)9-12-1-3-13(4-2-12)16-17-15-5-7-20-18(15)21-11-26(17)24-23-16/h5,7,11-14,20,22H,1-4,6,8-10H2,(H,27,28)/t12?,13?,14-/m0/s1. The third-order valence-electron chi connectivity index (χ3n) is 6.35. The molecule has 2 fully saturated rings. The van der Waals surface area contributed by atoms with E-state index in [9.17, 15) is 4.79 Å². The van der Waals surface area contributed by atoms with Gasteiger partial charge in [-0.25, -0.2) is 14.3 Å². The molecule has 9 heteroatoms. The zero-order chi connectivity index (χ0) is 19.1. The molecule has 2 aliphatic rings. The van der Waals surface area contributed by atoms with Gasteiger partial charge in [0.2, 0.25) is 0 Å². The summed E-state index contributed by atoms with van der Waals surface area (Å²) in [5, 5.41) is 21.4. The topological polar surface area (TPSA) is 111 Å². The van der Waals surface area contributed by atoms with Gasteiger partial charge in [-0.1, -0.05) is 5.21 Å². The van der Waals surface area contributed by atoms with Gasteiger partial charge in [0.25, 0.3) is 0 Å². The zero-order valence-corrected chi connectivity index (χ0v) is 15.7. The summed E-state index contributed by atoms with van der Waals surface area (Å²) in [6.07, 6.45) is 8.24. The summed E-state index contributed by atoms with van der Waals surface area (Å²) in [5.41, 5.74) is 3.05. The molecule has 3 N–H and O–H groups in total. The maximum Gasteiger partial charge on any atom is 0.404 e. The molecule has 1 saturated carbocycles. The zero-order valence-electron chi connectivity index (χ0n) is 15.7. The summed E-state index contributed by atoms with van der Waals surface area (Å²) in [4.78, 5) is 20.8. The van der Waals surface area contributed by atoms with E-state index >= 15 is 0 Å². The molecule has 148 valence electrons. The Hall–Kier alpha value is -2.68. The van der Waals surface area contributed by atoms with E-state index in [-0.39, 0.29) is 6.04 Å². The van der Waals surface area contributed by atoms with Crippen LogP contribution in [0, 0.1) is 5.92 Å². The number of nitrogens with zero attached hydrogens (tertiary/aromatic N) is 5. The van der Waals surface area contributed by atoms with Gasteiger partial charge in [0.1, 0.15) is 17.5 Å². The van der Waals surface area contributed by atoms with Crippen LogP contribution in [0.15, 0.2) is 18.6 Å². The van der Waals surface area contributed by atoms with Crippen molar-refractivity contribution in [2.24, 2.45) is 5.92 Å². The molecule has 0 unspecified atom stereocenters. The van der Waals surface area contributed by atoms with Gasteiger partial charge in [-0.3, -0.25) is 0 Å². The third-order valence-corrected chi connectivity index (χ3v) is 6.35.